The molecule has 9 heteroatoms. The zero-order chi connectivity index (χ0) is 29.9. The molecule has 0 radical (unpaired) electrons. The molecule has 42 heavy (non-hydrogen) atoms. The average molecular weight is 586 g/mol. The smallest absolute Gasteiger partial charge is 0.339 e. The first kappa shape index (κ1) is 29.0. The molecule has 0 amide bonds. The van der Waals surface area contributed by atoms with E-state index in [1.54, 1.807) is 12.1 Å². The number of hydrogen-bond donors (Lipinski definition) is 1. The van der Waals surface area contributed by atoms with Crippen LogP contribution in [0.3, 0.4) is 0 Å². The summed E-state index contributed by atoms with van der Waals surface area (Å²) in [7, 11) is -2.84. The van der Waals surface area contributed by atoms with Crippen LogP contribution in [-0.4, -0.2) is 40.6 Å². The zero-order valence-corrected chi connectivity index (χ0v) is 24.0. The number of fused-ring (bicyclic) bond motifs is 3. The van der Waals surface area contributed by atoms with Crippen LogP contribution in [0.1, 0.15) is 34.1 Å². The quantitative estimate of drug-likeness (QED) is 0.205. The van der Waals surface area contributed by atoms with Gasteiger partial charge in [0, 0.05) is 12.5 Å². The highest BCUT2D eigenvalue weighted by atomic mass is 32.2. The Morgan fingerprint density at radius 2 is 1.38 bits per heavy atom. The number of aryl methyl sites for hydroxylation is 1. The number of hydrogen-bond acceptors (Lipinski definition) is 8. The molecule has 0 aromatic heterocycles. The highest BCUT2D eigenvalue weighted by molar-refractivity contribution is 7.87. The van der Waals surface area contributed by atoms with Gasteiger partial charge >= 0.3 is 22.1 Å². The van der Waals surface area contributed by atoms with Gasteiger partial charge in [0.15, 0.2) is 0 Å². The van der Waals surface area contributed by atoms with Gasteiger partial charge in [-0.05, 0) is 59.0 Å². The summed E-state index contributed by atoms with van der Waals surface area (Å²) < 4.78 is 41.6. The molecule has 4 aromatic rings. The Morgan fingerprint density at radius 3 is 1.93 bits per heavy atom. The number of carbonyl (C=O) groups excluding carboxylic acids is 2. The van der Waals surface area contributed by atoms with Gasteiger partial charge in [0.25, 0.3) is 0 Å². The van der Waals surface area contributed by atoms with Gasteiger partial charge in [-0.15, -0.1) is 0 Å². The van der Waals surface area contributed by atoms with Gasteiger partial charge in [0.2, 0.25) is 0 Å². The first-order chi connectivity index (χ1) is 20.2. The normalized spacial score (nSPS) is 13.9. The van der Waals surface area contributed by atoms with Crippen molar-refractivity contribution in [1.29, 1.82) is 0 Å². The lowest BCUT2D eigenvalue weighted by atomic mass is 9.85. The highest BCUT2D eigenvalue weighted by Crippen LogP contribution is 2.44. The first-order valence-corrected chi connectivity index (χ1v) is 14.9. The Labute approximate surface area is 245 Å². The third kappa shape index (κ3) is 5.79. The molecular weight excluding hydrogens is 554 g/mol. The van der Waals surface area contributed by atoms with E-state index in [9.17, 15) is 18.0 Å². The van der Waals surface area contributed by atoms with Gasteiger partial charge in [-0.3, -0.25) is 9.59 Å². The van der Waals surface area contributed by atoms with Gasteiger partial charge in [-0.25, -0.2) is 0 Å². The van der Waals surface area contributed by atoms with E-state index < -0.39 is 33.9 Å². The van der Waals surface area contributed by atoms with Crippen molar-refractivity contribution >= 4 is 22.1 Å². The molecule has 0 heterocycles. The average Bonchev–Trinajstić information content (AvgIpc) is 3.32. The fourth-order valence-corrected chi connectivity index (χ4v) is 6.29. The van der Waals surface area contributed by atoms with Crippen LogP contribution in [0.2, 0.25) is 0 Å². The maximum absolute atomic E-state index is 13.7. The second kappa shape index (κ2) is 12.2. The monoisotopic (exact) mass is 585 g/mol. The van der Waals surface area contributed by atoms with Crippen LogP contribution in [0.4, 0.5) is 0 Å². The molecule has 2 N–H and O–H groups in total. The second-order valence-corrected chi connectivity index (χ2v) is 11.7. The number of rotatable bonds is 10. The Balaban J connectivity index is 1.39. The van der Waals surface area contributed by atoms with E-state index in [-0.39, 0.29) is 29.7 Å². The lowest BCUT2D eigenvalue weighted by molar-refractivity contribution is -0.155. The Kier molecular flexibility index (Phi) is 8.42. The molecule has 1 aliphatic carbocycles. The zero-order valence-electron chi connectivity index (χ0n) is 23.2. The molecule has 1 aliphatic rings. The van der Waals surface area contributed by atoms with Crippen LogP contribution in [0.15, 0.2) is 102 Å². The van der Waals surface area contributed by atoms with Crippen LogP contribution in [-0.2, 0) is 29.2 Å². The molecule has 0 saturated carbocycles. The topological polar surface area (TPSA) is 122 Å². The third-order valence-electron chi connectivity index (χ3n) is 7.52. The van der Waals surface area contributed by atoms with E-state index >= 15 is 0 Å². The molecule has 0 bridgehead atoms. The molecule has 4 aromatic carbocycles. The van der Waals surface area contributed by atoms with Gasteiger partial charge < -0.3 is 19.4 Å². The van der Waals surface area contributed by atoms with Crippen LogP contribution >= 0.6 is 0 Å². The molecule has 2 atom stereocenters. The van der Waals surface area contributed by atoms with E-state index in [1.807, 2.05) is 55.5 Å². The van der Waals surface area contributed by atoms with E-state index in [0.29, 0.717) is 5.56 Å². The van der Waals surface area contributed by atoms with Crippen molar-refractivity contribution in [3.63, 3.8) is 0 Å². The fraction of sp³-hybridized carbons (Fsp3) is 0.212. The van der Waals surface area contributed by atoms with Gasteiger partial charge in [-0.1, -0.05) is 78.4 Å². The molecule has 216 valence electrons. The Morgan fingerprint density at radius 1 is 0.810 bits per heavy atom. The largest absolute Gasteiger partial charge is 0.469 e. The minimum Gasteiger partial charge on any atom is -0.469 e. The SMILES string of the molecule is COC(=O)C(CN)C(C(=O)OCC1c2ccccc2-c2ccccc21)c1ccc(OS(=O)(=O)c2ccc(C)cc2)cc1. The molecule has 0 spiro atoms. The van der Waals surface area contributed by atoms with Gasteiger partial charge in [0.05, 0.1) is 18.9 Å². The molecule has 5 rings (SSSR count). The van der Waals surface area contributed by atoms with Crippen molar-refractivity contribution in [2.75, 3.05) is 20.3 Å². The van der Waals surface area contributed by atoms with Crippen molar-refractivity contribution in [3.8, 4) is 16.9 Å². The number of ether oxygens (including phenoxy) is 2. The van der Waals surface area contributed by atoms with E-state index in [1.165, 1.54) is 43.5 Å². The summed E-state index contributed by atoms with van der Waals surface area (Å²) in [5.41, 5.74) is 11.6. The van der Waals surface area contributed by atoms with Gasteiger partial charge in [0.1, 0.15) is 17.3 Å². The lowest BCUT2D eigenvalue weighted by Gasteiger charge is -2.24. The van der Waals surface area contributed by atoms with Crippen LogP contribution in [0, 0.1) is 12.8 Å². The van der Waals surface area contributed by atoms with Crippen molar-refractivity contribution in [2.45, 2.75) is 23.7 Å². The Bertz CT molecular complexity index is 1650. The summed E-state index contributed by atoms with van der Waals surface area (Å²) in [6.45, 7) is 1.76. The van der Waals surface area contributed by atoms with Crippen LogP contribution < -0.4 is 9.92 Å². The van der Waals surface area contributed by atoms with Gasteiger partial charge in [-0.2, -0.15) is 8.42 Å². The predicted molar refractivity (Wildman–Crippen MR) is 157 cm³/mol. The number of methoxy groups -OCH3 is 1. The molecular formula is C33H31NO7S. The third-order valence-corrected chi connectivity index (χ3v) is 8.79. The maximum Gasteiger partial charge on any atom is 0.339 e. The summed E-state index contributed by atoms with van der Waals surface area (Å²) in [5, 5.41) is 0. The fourth-order valence-electron chi connectivity index (χ4n) is 5.36. The van der Waals surface area contributed by atoms with Crippen molar-refractivity contribution < 1.29 is 31.7 Å². The Hall–Kier alpha value is -4.47. The van der Waals surface area contributed by atoms with Crippen molar-refractivity contribution in [1.82, 2.24) is 0 Å². The standard InChI is InChI=1S/C33H31NO7S/c1-21-11-17-24(18-12-21)42(37,38)41-23-15-13-22(14-16-23)31(29(19-34)32(35)39-2)33(36)40-20-30-27-9-5-3-7-25(27)26-8-4-6-10-28(26)30/h3-18,29-31H,19-20,34H2,1-2H3. The number of nitrogens with two attached hydrogens (primary N) is 1. The predicted octanol–water partition coefficient (Wildman–Crippen LogP) is 4.95. The number of esters is 2. The molecule has 0 fully saturated rings. The van der Waals surface area contributed by atoms with Crippen LogP contribution in [0.5, 0.6) is 5.75 Å². The molecule has 2 unspecified atom stereocenters. The minimum atomic E-state index is -4.07. The van der Waals surface area contributed by atoms with E-state index in [4.69, 9.17) is 19.4 Å². The summed E-state index contributed by atoms with van der Waals surface area (Å²) in [5.74, 6) is -3.52. The number of benzene rings is 4. The number of carbonyl (C=O) groups is 2. The second-order valence-electron chi connectivity index (χ2n) is 10.1. The maximum atomic E-state index is 13.7. The molecule has 8 nitrogen and oxygen atoms in total. The first-order valence-electron chi connectivity index (χ1n) is 13.5. The summed E-state index contributed by atoms with van der Waals surface area (Å²) in [6, 6.07) is 28.2. The van der Waals surface area contributed by atoms with Crippen molar-refractivity contribution in [3.05, 3.63) is 119 Å². The molecule has 0 aliphatic heterocycles. The van der Waals surface area contributed by atoms with Crippen molar-refractivity contribution in [2.24, 2.45) is 11.7 Å². The summed E-state index contributed by atoms with van der Waals surface area (Å²) >= 11 is 0. The minimum absolute atomic E-state index is 0.0163. The summed E-state index contributed by atoms with van der Waals surface area (Å²) in [6.07, 6.45) is 0. The summed E-state index contributed by atoms with van der Waals surface area (Å²) in [4.78, 5) is 26.3. The lowest BCUT2D eigenvalue weighted by Crippen LogP contribution is -2.36. The van der Waals surface area contributed by atoms with E-state index in [2.05, 4.69) is 0 Å². The van der Waals surface area contributed by atoms with E-state index in [0.717, 1.165) is 27.8 Å². The van der Waals surface area contributed by atoms with Crippen LogP contribution in [0.25, 0.3) is 11.1 Å². The highest BCUT2D eigenvalue weighted by Gasteiger charge is 2.37. The molecule has 0 saturated heterocycles.